The molecule has 1 aromatic heterocycles. The van der Waals surface area contributed by atoms with Crippen molar-refractivity contribution < 1.29 is 9.21 Å². The van der Waals surface area contributed by atoms with Crippen molar-refractivity contribution in [2.45, 2.75) is 13.0 Å². The first-order chi connectivity index (χ1) is 13.2. The molecule has 1 amide bonds. The van der Waals surface area contributed by atoms with Crippen molar-refractivity contribution in [2.75, 3.05) is 5.32 Å². The van der Waals surface area contributed by atoms with Gasteiger partial charge in [0.15, 0.2) is 5.58 Å². The fourth-order valence-electron chi connectivity index (χ4n) is 2.93. The van der Waals surface area contributed by atoms with Crippen LogP contribution in [0.25, 0.3) is 11.1 Å². The van der Waals surface area contributed by atoms with Crippen molar-refractivity contribution in [3.63, 3.8) is 0 Å². The molecule has 0 saturated heterocycles. The molecule has 0 aliphatic rings. The Balaban J connectivity index is 1.56. The number of carbonyl (C=O) groups is 1. The van der Waals surface area contributed by atoms with Gasteiger partial charge in [0.25, 0.3) is 11.9 Å². The van der Waals surface area contributed by atoms with Gasteiger partial charge in [-0.2, -0.15) is 4.98 Å². The Morgan fingerprint density at radius 3 is 2.44 bits per heavy atom. The highest BCUT2D eigenvalue weighted by Crippen LogP contribution is 2.24. The molecule has 5 heteroatoms. The van der Waals surface area contributed by atoms with Crippen LogP contribution in [-0.2, 0) is 0 Å². The molecule has 1 atom stereocenters. The molecule has 27 heavy (non-hydrogen) atoms. The average molecular weight is 357 g/mol. The summed E-state index contributed by atoms with van der Waals surface area (Å²) >= 11 is 0. The average Bonchev–Trinajstić information content (AvgIpc) is 3.11. The normalized spacial score (nSPS) is 11.9. The molecule has 3 aromatic carbocycles. The summed E-state index contributed by atoms with van der Waals surface area (Å²) in [6.45, 7) is 1.96. The Bertz CT molecular complexity index is 1040. The number of hydrogen-bond acceptors (Lipinski definition) is 4. The molecule has 0 aliphatic carbocycles. The number of benzene rings is 3. The van der Waals surface area contributed by atoms with E-state index in [1.807, 2.05) is 79.7 Å². The number of amides is 1. The van der Waals surface area contributed by atoms with Crippen LogP contribution in [0.1, 0.15) is 28.9 Å². The van der Waals surface area contributed by atoms with Crippen LogP contribution in [0.5, 0.6) is 0 Å². The molecule has 4 aromatic rings. The van der Waals surface area contributed by atoms with Crippen LogP contribution in [0.4, 0.5) is 11.7 Å². The Hall–Kier alpha value is -3.60. The Morgan fingerprint density at radius 2 is 1.63 bits per heavy atom. The lowest BCUT2D eigenvalue weighted by Crippen LogP contribution is -2.27. The van der Waals surface area contributed by atoms with Crippen molar-refractivity contribution in [2.24, 2.45) is 0 Å². The molecular weight excluding hydrogens is 338 g/mol. The van der Waals surface area contributed by atoms with Crippen LogP contribution in [0.3, 0.4) is 0 Å². The van der Waals surface area contributed by atoms with Crippen molar-refractivity contribution in [1.82, 2.24) is 10.3 Å². The maximum absolute atomic E-state index is 12.8. The van der Waals surface area contributed by atoms with Crippen molar-refractivity contribution in [1.29, 1.82) is 0 Å². The zero-order valence-electron chi connectivity index (χ0n) is 14.8. The smallest absolute Gasteiger partial charge is 0.300 e. The molecule has 134 valence electrons. The van der Waals surface area contributed by atoms with Gasteiger partial charge in [0, 0.05) is 0 Å². The van der Waals surface area contributed by atoms with Crippen LogP contribution in [0, 0.1) is 0 Å². The predicted molar refractivity (Wildman–Crippen MR) is 106 cm³/mol. The summed E-state index contributed by atoms with van der Waals surface area (Å²) in [5, 5.41) is 6.15. The van der Waals surface area contributed by atoms with Gasteiger partial charge in [0.05, 0.1) is 17.3 Å². The molecule has 2 N–H and O–H groups in total. The van der Waals surface area contributed by atoms with E-state index in [2.05, 4.69) is 15.6 Å². The maximum Gasteiger partial charge on any atom is 0.300 e. The largest absolute Gasteiger partial charge is 0.423 e. The highest BCUT2D eigenvalue weighted by Gasteiger charge is 2.16. The van der Waals surface area contributed by atoms with E-state index >= 15 is 0 Å². The number of nitrogens with one attached hydrogen (secondary N) is 2. The first-order valence-electron chi connectivity index (χ1n) is 8.78. The third-order valence-electron chi connectivity index (χ3n) is 4.35. The maximum atomic E-state index is 12.8. The number of anilines is 2. The molecule has 5 nitrogen and oxygen atoms in total. The number of fused-ring (bicyclic) bond motifs is 1. The Morgan fingerprint density at radius 1 is 0.926 bits per heavy atom. The fraction of sp³-hybridized carbons (Fsp3) is 0.0909. The molecule has 0 bridgehead atoms. The zero-order chi connectivity index (χ0) is 18.6. The minimum Gasteiger partial charge on any atom is -0.423 e. The zero-order valence-corrected chi connectivity index (χ0v) is 14.8. The minimum atomic E-state index is -0.162. The summed E-state index contributed by atoms with van der Waals surface area (Å²) in [7, 11) is 0. The van der Waals surface area contributed by atoms with Gasteiger partial charge in [-0.15, -0.1) is 0 Å². The number of nitrogens with zero attached hydrogens (tertiary/aromatic N) is 1. The Kier molecular flexibility index (Phi) is 4.58. The number of para-hydroxylation sites is 3. The van der Waals surface area contributed by atoms with E-state index in [-0.39, 0.29) is 11.9 Å². The summed E-state index contributed by atoms with van der Waals surface area (Å²) in [5.74, 6) is -0.162. The van der Waals surface area contributed by atoms with Crippen LogP contribution in [-0.4, -0.2) is 10.9 Å². The summed E-state index contributed by atoms with van der Waals surface area (Å²) in [4.78, 5) is 17.2. The van der Waals surface area contributed by atoms with Crippen molar-refractivity contribution in [3.05, 3.63) is 90.0 Å². The Labute approximate surface area is 157 Å². The van der Waals surface area contributed by atoms with E-state index in [9.17, 15) is 4.79 Å². The van der Waals surface area contributed by atoms with Gasteiger partial charge < -0.3 is 15.1 Å². The third kappa shape index (κ3) is 3.67. The van der Waals surface area contributed by atoms with E-state index in [4.69, 9.17) is 4.42 Å². The molecule has 0 saturated carbocycles. The summed E-state index contributed by atoms with van der Waals surface area (Å²) < 4.78 is 5.70. The van der Waals surface area contributed by atoms with Gasteiger partial charge in [0.2, 0.25) is 0 Å². The van der Waals surface area contributed by atoms with Gasteiger partial charge in [-0.25, -0.2) is 0 Å². The molecule has 0 fully saturated rings. The lowest BCUT2D eigenvalue weighted by molar-refractivity contribution is 0.0940. The quantitative estimate of drug-likeness (QED) is 0.524. The summed E-state index contributed by atoms with van der Waals surface area (Å²) in [6.07, 6.45) is 0. The van der Waals surface area contributed by atoms with Crippen molar-refractivity contribution >= 4 is 28.7 Å². The third-order valence-corrected chi connectivity index (χ3v) is 4.35. The lowest BCUT2D eigenvalue weighted by Gasteiger charge is -2.16. The van der Waals surface area contributed by atoms with Crippen molar-refractivity contribution in [3.8, 4) is 0 Å². The first-order valence-corrected chi connectivity index (χ1v) is 8.78. The number of carbonyl (C=O) groups excluding carboxylic acids is 1. The molecule has 0 spiro atoms. The van der Waals surface area contributed by atoms with Crippen LogP contribution in [0.15, 0.2) is 83.3 Å². The summed E-state index contributed by atoms with van der Waals surface area (Å²) in [5.41, 5.74) is 3.68. The van der Waals surface area contributed by atoms with Gasteiger partial charge >= 0.3 is 0 Å². The molecule has 4 rings (SSSR count). The van der Waals surface area contributed by atoms with Gasteiger partial charge in [0.1, 0.15) is 5.52 Å². The van der Waals surface area contributed by atoms with Gasteiger partial charge in [-0.3, -0.25) is 4.79 Å². The standard InChI is InChI=1S/C22H19N3O2/c1-15(16-9-3-2-4-10-16)23-21(26)17-11-5-6-12-18(17)24-22-25-19-13-7-8-14-20(19)27-22/h2-15H,1H3,(H,23,26)(H,24,25). The van der Waals surface area contributed by atoms with Gasteiger partial charge in [-0.05, 0) is 36.8 Å². The van der Waals surface area contributed by atoms with E-state index < -0.39 is 0 Å². The molecule has 0 radical (unpaired) electrons. The molecule has 0 aliphatic heterocycles. The van der Waals surface area contributed by atoms with E-state index in [1.54, 1.807) is 6.07 Å². The number of oxazole rings is 1. The lowest BCUT2D eigenvalue weighted by atomic mass is 10.1. The second-order valence-electron chi connectivity index (χ2n) is 6.26. The number of aromatic nitrogens is 1. The SMILES string of the molecule is CC(NC(=O)c1ccccc1Nc1nc2ccccc2o1)c1ccccc1. The predicted octanol–water partition coefficient (Wildman–Crippen LogP) is 5.06. The second-order valence-corrected chi connectivity index (χ2v) is 6.26. The highest BCUT2D eigenvalue weighted by molar-refractivity contribution is 6.00. The van der Waals surface area contributed by atoms with Crippen LogP contribution >= 0.6 is 0 Å². The highest BCUT2D eigenvalue weighted by atomic mass is 16.4. The minimum absolute atomic E-state index is 0.101. The monoisotopic (exact) mass is 357 g/mol. The molecule has 1 heterocycles. The van der Waals surface area contributed by atoms with Crippen LogP contribution < -0.4 is 10.6 Å². The topological polar surface area (TPSA) is 67.2 Å². The number of rotatable bonds is 5. The van der Waals surface area contributed by atoms with E-state index in [1.165, 1.54) is 0 Å². The second kappa shape index (κ2) is 7.33. The molecule has 1 unspecified atom stereocenters. The molecular formula is C22H19N3O2. The number of hydrogen-bond donors (Lipinski definition) is 2. The van der Waals surface area contributed by atoms with Gasteiger partial charge in [-0.1, -0.05) is 54.6 Å². The van der Waals surface area contributed by atoms with E-state index in [0.717, 1.165) is 11.1 Å². The first kappa shape index (κ1) is 16.8. The summed E-state index contributed by atoms with van der Waals surface area (Å²) in [6, 6.07) is 24.9. The van der Waals surface area contributed by atoms with Crippen LogP contribution in [0.2, 0.25) is 0 Å². The van der Waals surface area contributed by atoms with E-state index in [0.29, 0.717) is 22.8 Å². The fourth-order valence-corrected chi connectivity index (χ4v) is 2.93.